The van der Waals surface area contributed by atoms with Gasteiger partial charge in [0.05, 0.1) is 11.9 Å². The Morgan fingerprint density at radius 3 is 2.47 bits per heavy atom. The van der Waals surface area contributed by atoms with Crippen LogP contribution in [-0.2, 0) is 19.4 Å². The van der Waals surface area contributed by atoms with Gasteiger partial charge in [-0.2, -0.15) is 0 Å². The predicted octanol–water partition coefficient (Wildman–Crippen LogP) is 2.45. The van der Waals surface area contributed by atoms with E-state index >= 15 is 0 Å². The highest BCUT2D eigenvalue weighted by Crippen LogP contribution is 2.25. The lowest BCUT2D eigenvalue weighted by Crippen LogP contribution is -2.24. The Labute approximate surface area is 113 Å². The molecular weight excluding hydrogens is 238 g/mol. The molecule has 0 spiro atoms. The minimum Gasteiger partial charge on any atom is -0.312 e. The van der Waals surface area contributed by atoms with Crippen LogP contribution in [0.5, 0.6) is 0 Å². The number of aromatic nitrogens is 3. The summed E-state index contributed by atoms with van der Waals surface area (Å²) in [6.45, 7) is 6.80. The molecule has 0 saturated carbocycles. The highest BCUT2D eigenvalue weighted by molar-refractivity contribution is 5.65. The van der Waals surface area contributed by atoms with Crippen LogP contribution >= 0.6 is 0 Å². The molecule has 0 fully saturated rings. The molecule has 2 heterocycles. The Morgan fingerprint density at radius 2 is 1.95 bits per heavy atom. The second kappa shape index (κ2) is 5.78. The van der Waals surface area contributed by atoms with Crippen LogP contribution < -0.4 is 5.56 Å². The van der Waals surface area contributed by atoms with E-state index in [0.29, 0.717) is 6.54 Å². The molecule has 0 aliphatic rings. The van der Waals surface area contributed by atoms with Gasteiger partial charge in [-0.05, 0) is 25.3 Å². The summed E-state index contributed by atoms with van der Waals surface area (Å²) in [6.07, 6.45) is 6.74. The fourth-order valence-corrected chi connectivity index (χ4v) is 2.49. The summed E-state index contributed by atoms with van der Waals surface area (Å²) in [5, 5.41) is 0. The van der Waals surface area contributed by atoms with E-state index < -0.39 is 0 Å². The Balaban J connectivity index is 2.80. The molecular formula is C15H19N3O. The van der Waals surface area contributed by atoms with Gasteiger partial charge >= 0.3 is 0 Å². The molecule has 19 heavy (non-hydrogen) atoms. The third kappa shape index (κ3) is 2.43. The molecule has 0 N–H and O–H groups in total. The van der Waals surface area contributed by atoms with Crippen LogP contribution in [0.2, 0.25) is 0 Å². The number of pyridine rings is 1. The Kier molecular flexibility index (Phi) is 4.10. The molecule has 0 bridgehead atoms. The molecule has 0 aliphatic carbocycles. The molecule has 0 radical (unpaired) electrons. The number of nitrogens with zero attached hydrogens (tertiary/aromatic N) is 3. The van der Waals surface area contributed by atoms with Crippen LogP contribution in [0.25, 0.3) is 11.3 Å². The summed E-state index contributed by atoms with van der Waals surface area (Å²) >= 11 is 0. The Hall–Kier alpha value is -1.97. The fourth-order valence-electron chi connectivity index (χ4n) is 2.49. The molecule has 0 aromatic carbocycles. The highest BCUT2D eigenvalue weighted by Gasteiger charge is 2.15. The standard InChI is InChI=1S/C15H19N3O/c1-4-11-9-14(19)18(6-3)13(5-2)15(11)12-10-16-7-8-17-12/h7-10H,4-6H2,1-3H3. The molecule has 2 rings (SSSR count). The summed E-state index contributed by atoms with van der Waals surface area (Å²) in [5.41, 5.74) is 4.08. The van der Waals surface area contributed by atoms with E-state index in [9.17, 15) is 4.79 Å². The van der Waals surface area contributed by atoms with Gasteiger partial charge in [0.15, 0.2) is 0 Å². The van der Waals surface area contributed by atoms with Crippen molar-refractivity contribution in [2.45, 2.75) is 40.2 Å². The quantitative estimate of drug-likeness (QED) is 0.845. The average molecular weight is 257 g/mol. The summed E-state index contributed by atoms with van der Waals surface area (Å²) in [7, 11) is 0. The van der Waals surface area contributed by atoms with Gasteiger partial charge in [0, 0.05) is 36.3 Å². The molecule has 4 nitrogen and oxygen atoms in total. The molecule has 100 valence electrons. The predicted molar refractivity (Wildman–Crippen MR) is 76.2 cm³/mol. The number of aryl methyl sites for hydroxylation is 1. The van der Waals surface area contributed by atoms with E-state index in [1.54, 1.807) is 24.7 Å². The molecule has 2 aromatic heterocycles. The van der Waals surface area contributed by atoms with Crippen molar-refractivity contribution in [1.29, 1.82) is 0 Å². The van der Waals surface area contributed by atoms with Gasteiger partial charge in [-0.15, -0.1) is 0 Å². The molecule has 0 amide bonds. The van der Waals surface area contributed by atoms with Crippen molar-refractivity contribution in [2.75, 3.05) is 0 Å². The third-order valence-corrected chi connectivity index (χ3v) is 3.35. The van der Waals surface area contributed by atoms with Crippen molar-refractivity contribution in [1.82, 2.24) is 14.5 Å². The van der Waals surface area contributed by atoms with Crippen LogP contribution in [0.3, 0.4) is 0 Å². The van der Waals surface area contributed by atoms with Crippen molar-refractivity contribution in [3.05, 3.63) is 46.3 Å². The normalized spacial score (nSPS) is 10.7. The first-order valence-electron chi connectivity index (χ1n) is 6.74. The smallest absolute Gasteiger partial charge is 0.251 e. The van der Waals surface area contributed by atoms with Gasteiger partial charge < -0.3 is 4.57 Å². The Morgan fingerprint density at radius 1 is 1.16 bits per heavy atom. The molecule has 2 aromatic rings. The summed E-state index contributed by atoms with van der Waals surface area (Å²) in [5.74, 6) is 0. The first-order chi connectivity index (χ1) is 9.22. The lowest BCUT2D eigenvalue weighted by molar-refractivity contribution is 0.679. The van der Waals surface area contributed by atoms with Crippen LogP contribution in [0, 0.1) is 0 Å². The first kappa shape index (κ1) is 13.5. The van der Waals surface area contributed by atoms with E-state index in [-0.39, 0.29) is 5.56 Å². The van der Waals surface area contributed by atoms with E-state index in [2.05, 4.69) is 23.8 Å². The molecule has 0 atom stereocenters. The third-order valence-electron chi connectivity index (χ3n) is 3.35. The van der Waals surface area contributed by atoms with Crippen molar-refractivity contribution in [3.63, 3.8) is 0 Å². The summed E-state index contributed by atoms with van der Waals surface area (Å²) < 4.78 is 1.82. The zero-order valence-corrected chi connectivity index (χ0v) is 11.7. The topological polar surface area (TPSA) is 47.8 Å². The van der Waals surface area contributed by atoms with Gasteiger partial charge in [0.25, 0.3) is 5.56 Å². The zero-order chi connectivity index (χ0) is 13.8. The van der Waals surface area contributed by atoms with Gasteiger partial charge in [0.2, 0.25) is 0 Å². The number of hydrogen-bond acceptors (Lipinski definition) is 3. The molecule has 0 aliphatic heterocycles. The minimum absolute atomic E-state index is 0.0730. The number of rotatable bonds is 4. The van der Waals surface area contributed by atoms with Gasteiger partial charge in [-0.3, -0.25) is 14.8 Å². The Bertz CT molecular complexity index is 617. The lowest BCUT2D eigenvalue weighted by atomic mass is 9.99. The lowest BCUT2D eigenvalue weighted by Gasteiger charge is -2.17. The minimum atomic E-state index is 0.0730. The van der Waals surface area contributed by atoms with E-state index in [1.807, 2.05) is 11.5 Å². The second-order valence-electron chi connectivity index (χ2n) is 4.37. The van der Waals surface area contributed by atoms with Crippen molar-refractivity contribution in [3.8, 4) is 11.3 Å². The summed E-state index contributed by atoms with van der Waals surface area (Å²) in [4.78, 5) is 20.7. The SMILES string of the molecule is CCc1cc(=O)n(CC)c(CC)c1-c1cnccn1. The van der Waals surface area contributed by atoms with Crippen LogP contribution in [0.15, 0.2) is 29.5 Å². The van der Waals surface area contributed by atoms with E-state index in [0.717, 1.165) is 35.4 Å². The van der Waals surface area contributed by atoms with Crippen molar-refractivity contribution >= 4 is 0 Å². The maximum atomic E-state index is 12.1. The zero-order valence-electron chi connectivity index (χ0n) is 11.7. The van der Waals surface area contributed by atoms with Gasteiger partial charge in [0.1, 0.15) is 0 Å². The molecule has 4 heteroatoms. The number of hydrogen-bond donors (Lipinski definition) is 0. The molecule has 0 saturated heterocycles. The maximum absolute atomic E-state index is 12.1. The maximum Gasteiger partial charge on any atom is 0.251 e. The summed E-state index contributed by atoms with van der Waals surface area (Å²) in [6, 6.07) is 1.73. The van der Waals surface area contributed by atoms with Gasteiger partial charge in [-0.25, -0.2) is 0 Å². The average Bonchev–Trinajstić information content (AvgIpc) is 2.46. The van der Waals surface area contributed by atoms with Crippen LogP contribution in [0.4, 0.5) is 0 Å². The van der Waals surface area contributed by atoms with E-state index in [4.69, 9.17) is 0 Å². The second-order valence-corrected chi connectivity index (χ2v) is 4.37. The first-order valence-corrected chi connectivity index (χ1v) is 6.74. The van der Waals surface area contributed by atoms with Crippen molar-refractivity contribution in [2.24, 2.45) is 0 Å². The van der Waals surface area contributed by atoms with Crippen LogP contribution in [0.1, 0.15) is 32.0 Å². The highest BCUT2D eigenvalue weighted by atomic mass is 16.1. The fraction of sp³-hybridized carbons (Fsp3) is 0.400. The molecule has 0 unspecified atom stereocenters. The van der Waals surface area contributed by atoms with Crippen LogP contribution in [-0.4, -0.2) is 14.5 Å². The van der Waals surface area contributed by atoms with E-state index in [1.165, 1.54) is 0 Å². The largest absolute Gasteiger partial charge is 0.312 e. The van der Waals surface area contributed by atoms with Gasteiger partial charge in [-0.1, -0.05) is 13.8 Å². The van der Waals surface area contributed by atoms with Crippen molar-refractivity contribution < 1.29 is 0 Å². The monoisotopic (exact) mass is 257 g/mol.